The number of ether oxygens (including phenoxy) is 1. The van der Waals surface area contributed by atoms with Gasteiger partial charge in [0, 0.05) is 16.7 Å². The minimum absolute atomic E-state index is 0.0105. The van der Waals surface area contributed by atoms with Gasteiger partial charge < -0.3 is 14.4 Å². The molecule has 0 unspecified atom stereocenters. The van der Waals surface area contributed by atoms with Crippen LogP contribution in [0.4, 0.5) is 13.2 Å². The number of rotatable bonds is 7. The van der Waals surface area contributed by atoms with Crippen LogP contribution in [0.5, 0.6) is 0 Å². The van der Waals surface area contributed by atoms with Crippen molar-refractivity contribution in [2.24, 2.45) is 10.3 Å². The smallest absolute Gasteiger partial charge is 0.418 e. The van der Waals surface area contributed by atoms with E-state index in [9.17, 15) is 18.0 Å². The number of benzene rings is 2. The Morgan fingerprint density at radius 2 is 1.71 bits per heavy atom. The molecule has 0 saturated heterocycles. The Labute approximate surface area is 182 Å². The van der Waals surface area contributed by atoms with E-state index in [-0.39, 0.29) is 23.6 Å². The number of methoxy groups -OCH3 is 1. The van der Waals surface area contributed by atoms with E-state index < -0.39 is 22.7 Å². The van der Waals surface area contributed by atoms with Crippen molar-refractivity contribution in [2.45, 2.75) is 26.6 Å². The number of hydrogen-bond donors (Lipinski definition) is 0. The zero-order valence-corrected chi connectivity index (χ0v) is 18.0. The Kier molecular flexibility index (Phi) is 8.04. The van der Waals surface area contributed by atoms with Gasteiger partial charge >= 0.3 is 12.1 Å². The summed E-state index contributed by atoms with van der Waals surface area (Å²) in [7, 11) is 2.49. The first-order valence-electron chi connectivity index (χ1n) is 8.92. The summed E-state index contributed by atoms with van der Waals surface area (Å²) < 4.78 is 44.9. The van der Waals surface area contributed by atoms with Gasteiger partial charge in [-0.15, -0.1) is 0 Å². The van der Waals surface area contributed by atoms with Crippen LogP contribution in [-0.4, -0.2) is 31.6 Å². The molecule has 2 aromatic carbocycles. The second-order valence-electron chi connectivity index (χ2n) is 6.33. The van der Waals surface area contributed by atoms with E-state index in [0.717, 1.165) is 11.6 Å². The van der Waals surface area contributed by atoms with Crippen LogP contribution in [0.3, 0.4) is 0 Å². The van der Waals surface area contributed by atoms with Gasteiger partial charge in [0.2, 0.25) is 0 Å². The lowest BCUT2D eigenvalue weighted by Gasteiger charge is -2.15. The number of nitrogens with zero attached hydrogens (tertiary/aromatic N) is 2. The van der Waals surface area contributed by atoms with Gasteiger partial charge in [0.25, 0.3) is 0 Å². The Morgan fingerprint density at radius 3 is 2.32 bits per heavy atom. The summed E-state index contributed by atoms with van der Waals surface area (Å²) in [6.45, 7) is 3.02. The second kappa shape index (κ2) is 10.3. The van der Waals surface area contributed by atoms with Gasteiger partial charge in [-0.25, -0.2) is 4.79 Å². The van der Waals surface area contributed by atoms with Crippen molar-refractivity contribution in [1.82, 2.24) is 0 Å². The topological polar surface area (TPSA) is 69.5 Å². The molecule has 0 aliphatic carbocycles. The van der Waals surface area contributed by atoms with E-state index in [1.165, 1.54) is 33.3 Å². The van der Waals surface area contributed by atoms with Gasteiger partial charge in [0.15, 0.2) is 5.71 Å². The maximum Gasteiger partial charge on any atom is 0.418 e. The largest absolute Gasteiger partial charge is 0.464 e. The Bertz CT molecular complexity index is 1020. The predicted octanol–water partition coefficient (Wildman–Crippen LogP) is 5.13. The zero-order chi connectivity index (χ0) is 23.2. The fourth-order valence-electron chi connectivity index (χ4n) is 2.86. The van der Waals surface area contributed by atoms with Crippen molar-refractivity contribution in [3.8, 4) is 0 Å². The number of oxime groups is 2. The SMILES string of the molecule is CO/N=C(/C(=O)OC)c1cccc(C)c1CO/N=C(\C)c1cccc(Cl)c1C(F)(F)F. The van der Waals surface area contributed by atoms with Gasteiger partial charge in [-0.3, -0.25) is 0 Å². The minimum atomic E-state index is -4.65. The van der Waals surface area contributed by atoms with Crippen LogP contribution in [0.2, 0.25) is 5.02 Å². The molecule has 0 spiro atoms. The summed E-state index contributed by atoms with van der Waals surface area (Å²) in [5.41, 5.74) is 0.407. The maximum atomic E-state index is 13.4. The summed E-state index contributed by atoms with van der Waals surface area (Å²) in [5, 5.41) is 7.11. The van der Waals surface area contributed by atoms with E-state index in [0.29, 0.717) is 11.1 Å². The summed E-state index contributed by atoms with van der Waals surface area (Å²) in [5.74, 6) is -0.720. The number of aryl methyl sites for hydroxylation is 1. The third-order valence-corrected chi connectivity index (χ3v) is 4.64. The molecule has 2 aromatic rings. The highest BCUT2D eigenvalue weighted by Crippen LogP contribution is 2.37. The number of alkyl halides is 3. The minimum Gasteiger partial charge on any atom is -0.464 e. The third kappa shape index (κ3) is 5.75. The number of carbonyl (C=O) groups is 1. The van der Waals surface area contributed by atoms with E-state index in [2.05, 4.69) is 10.3 Å². The highest BCUT2D eigenvalue weighted by molar-refractivity contribution is 6.43. The Hall–Kier alpha value is -3.07. The van der Waals surface area contributed by atoms with Crippen LogP contribution in [0.15, 0.2) is 46.7 Å². The van der Waals surface area contributed by atoms with Crippen LogP contribution in [-0.2, 0) is 32.0 Å². The Balaban J connectivity index is 2.37. The summed E-state index contributed by atoms with van der Waals surface area (Å²) >= 11 is 5.75. The van der Waals surface area contributed by atoms with Crippen molar-refractivity contribution < 1.29 is 32.4 Å². The number of halogens is 4. The molecule has 10 heteroatoms. The highest BCUT2D eigenvalue weighted by Gasteiger charge is 2.36. The first-order valence-corrected chi connectivity index (χ1v) is 9.30. The average molecular weight is 457 g/mol. The lowest BCUT2D eigenvalue weighted by molar-refractivity contribution is -0.137. The van der Waals surface area contributed by atoms with Crippen molar-refractivity contribution in [2.75, 3.05) is 14.2 Å². The molecule has 0 aliphatic heterocycles. The summed E-state index contributed by atoms with van der Waals surface area (Å²) in [6.07, 6.45) is -4.65. The van der Waals surface area contributed by atoms with Crippen molar-refractivity contribution in [1.29, 1.82) is 0 Å². The van der Waals surface area contributed by atoms with Crippen molar-refractivity contribution in [3.63, 3.8) is 0 Å². The highest BCUT2D eigenvalue weighted by atomic mass is 35.5. The van der Waals surface area contributed by atoms with Crippen molar-refractivity contribution in [3.05, 3.63) is 69.2 Å². The third-order valence-electron chi connectivity index (χ3n) is 4.32. The molecular formula is C21H20ClF3N2O4. The number of carbonyl (C=O) groups excluding carboxylic acids is 1. The number of hydrogen-bond acceptors (Lipinski definition) is 6. The normalized spacial score (nSPS) is 12.5. The van der Waals surface area contributed by atoms with Gasteiger partial charge in [0.05, 0.1) is 23.4 Å². The van der Waals surface area contributed by atoms with E-state index >= 15 is 0 Å². The maximum absolute atomic E-state index is 13.4. The molecule has 6 nitrogen and oxygen atoms in total. The van der Waals surface area contributed by atoms with Gasteiger partial charge in [-0.05, 0) is 25.5 Å². The van der Waals surface area contributed by atoms with Crippen LogP contribution in [0.1, 0.15) is 34.7 Å². The average Bonchev–Trinajstić information content (AvgIpc) is 2.71. The van der Waals surface area contributed by atoms with Crippen LogP contribution >= 0.6 is 11.6 Å². The second-order valence-corrected chi connectivity index (χ2v) is 6.73. The standard InChI is InChI=1S/C21H20ClF3N2O4/c1-12-7-5-9-15(19(27-30-4)20(28)29-3)16(12)11-31-26-13(2)14-8-6-10-17(22)18(14)21(23,24)25/h5-10H,11H2,1-4H3/b26-13+,27-19+. The first-order chi connectivity index (χ1) is 14.6. The molecule has 166 valence electrons. The molecule has 0 bridgehead atoms. The number of esters is 1. The fourth-order valence-corrected chi connectivity index (χ4v) is 3.14. The molecule has 0 aromatic heterocycles. The van der Waals surface area contributed by atoms with Crippen molar-refractivity contribution >= 4 is 29.0 Å². The van der Waals surface area contributed by atoms with Gasteiger partial charge in [-0.2, -0.15) is 13.2 Å². The molecule has 0 atom stereocenters. The predicted molar refractivity (Wildman–Crippen MR) is 110 cm³/mol. The lowest BCUT2D eigenvalue weighted by Crippen LogP contribution is -2.20. The van der Waals surface area contributed by atoms with E-state index in [1.54, 1.807) is 25.1 Å². The molecule has 0 N–H and O–H groups in total. The van der Waals surface area contributed by atoms with Gasteiger partial charge in [0.1, 0.15) is 13.7 Å². The molecule has 0 radical (unpaired) electrons. The van der Waals surface area contributed by atoms with Crippen LogP contribution < -0.4 is 0 Å². The quantitative estimate of drug-likeness (QED) is 0.329. The molecular weight excluding hydrogens is 437 g/mol. The van der Waals surface area contributed by atoms with E-state index in [4.69, 9.17) is 26.0 Å². The summed E-state index contributed by atoms with van der Waals surface area (Å²) in [6, 6.07) is 8.92. The molecule has 0 heterocycles. The van der Waals surface area contributed by atoms with E-state index in [1.807, 2.05) is 0 Å². The first kappa shape index (κ1) is 24.2. The van der Waals surface area contributed by atoms with Crippen LogP contribution in [0, 0.1) is 6.92 Å². The molecule has 31 heavy (non-hydrogen) atoms. The molecule has 0 aliphatic rings. The van der Waals surface area contributed by atoms with Gasteiger partial charge in [-0.1, -0.05) is 52.2 Å². The Morgan fingerprint density at radius 1 is 1.06 bits per heavy atom. The zero-order valence-electron chi connectivity index (χ0n) is 17.2. The monoisotopic (exact) mass is 456 g/mol. The lowest BCUT2D eigenvalue weighted by atomic mass is 9.99. The van der Waals surface area contributed by atoms with Crippen LogP contribution in [0.25, 0.3) is 0 Å². The molecule has 0 fully saturated rings. The summed E-state index contributed by atoms with van der Waals surface area (Å²) in [4.78, 5) is 22.1. The fraction of sp³-hybridized carbons (Fsp3) is 0.286. The molecule has 0 saturated carbocycles. The molecule has 2 rings (SSSR count). The molecule has 0 amide bonds.